The van der Waals surface area contributed by atoms with E-state index < -0.39 is 0 Å². The molecule has 0 spiro atoms. The van der Waals surface area contributed by atoms with Crippen molar-refractivity contribution in [3.63, 3.8) is 0 Å². The highest BCUT2D eigenvalue weighted by atomic mass is 32.2. The van der Waals surface area contributed by atoms with E-state index in [1.54, 1.807) is 39.1 Å². The summed E-state index contributed by atoms with van der Waals surface area (Å²) in [4.78, 5) is 24.8. The molecule has 0 aliphatic rings. The van der Waals surface area contributed by atoms with E-state index in [2.05, 4.69) is 24.3 Å². The molecule has 9 heteroatoms. The predicted octanol–water partition coefficient (Wildman–Crippen LogP) is 5.02. The number of rotatable bonds is 7. The molecule has 29 heavy (non-hydrogen) atoms. The third-order valence-electron chi connectivity index (χ3n) is 4.84. The summed E-state index contributed by atoms with van der Waals surface area (Å²) in [6.07, 6.45) is 5.80. The Hall–Kier alpha value is -1.97. The number of unbranched alkanes of at least 4 members (excludes halogenated alkanes) is 1. The Morgan fingerprint density at radius 1 is 1.24 bits per heavy atom. The molecule has 0 atom stereocenters. The van der Waals surface area contributed by atoms with Gasteiger partial charge in [-0.3, -0.25) is 14.0 Å². The van der Waals surface area contributed by atoms with Crippen LogP contribution in [-0.4, -0.2) is 24.3 Å². The van der Waals surface area contributed by atoms with Crippen molar-refractivity contribution in [1.82, 2.24) is 24.3 Å². The normalized spacial score (nSPS) is 11.6. The maximum absolute atomic E-state index is 13.2. The van der Waals surface area contributed by atoms with Gasteiger partial charge in [-0.2, -0.15) is 5.10 Å². The molecule has 0 fully saturated rings. The topological polar surface area (TPSA) is 65.6 Å². The van der Waals surface area contributed by atoms with Crippen molar-refractivity contribution in [2.24, 2.45) is 7.05 Å². The van der Waals surface area contributed by atoms with Crippen molar-refractivity contribution in [3.8, 4) is 10.6 Å². The average Bonchev–Trinajstić information content (AvgIpc) is 3.39. The number of nitrogens with zero attached hydrogens (tertiary/aromatic N) is 5. The molecular weight excluding hydrogens is 422 g/mol. The first-order valence-corrected chi connectivity index (χ1v) is 12.2. The molecule has 0 unspecified atom stereocenters. The van der Waals surface area contributed by atoms with Crippen LogP contribution in [0.2, 0.25) is 0 Å². The molecule has 4 rings (SSSR count). The number of thiophene rings is 1. The van der Waals surface area contributed by atoms with Gasteiger partial charge < -0.3 is 0 Å². The maximum atomic E-state index is 13.2. The van der Waals surface area contributed by atoms with Crippen LogP contribution >= 0.6 is 34.4 Å². The minimum absolute atomic E-state index is 0.0853. The number of thioether (sulfide) groups is 1. The number of thiazole rings is 1. The Morgan fingerprint density at radius 3 is 2.79 bits per heavy atom. The zero-order chi connectivity index (χ0) is 20.5. The summed E-state index contributed by atoms with van der Waals surface area (Å²) in [5, 5.41) is 8.81. The molecule has 0 aliphatic heterocycles. The van der Waals surface area contributed by atoms with Gasteiger partial charge in [0.25, 0.3) is 5.56 Å². The second-order valence-corrected chi connectivity index (χ2v) is 10.0. The van der Waals surface area contributed by atoms with Crippen LogP contribution in [0.1, 0.15) is 35.9 Å². The van der Waals surface area contributed by atoms with Gasteiger partial charge in [-0.15, -0.1) is 22.7 Å². The molecule has 0 aromatic carbocycles. The lowest BCUT2D eigenvalue weighted by Crippen LogP contribution is -2.23. The number of fused-ring (bicyclic) bond motifs is 1. The molecule has 6 nitrogen and oxygen atoms in total. The van der Waals surface area contributed by atoms with Gasteiger partial charge in [0.15, 0.2) is 5.16 Å². The Balaban J connectivity index is 1.63. The predicted molar refractivity (Wildman–Crippen MR) is 122 cm³/mol. The van der Waals surface area contributed by atoms with Gasteiger partial charge in [0, 0.05) is 41.4 Å². The first-order chi connectivity index (χ1) is 14.0. The molecule has 4 heterocycles. The van der Waals surface area contributed by atoms with E-state index in [1.165, 1.54) is 0 Å². The molecule has 4 aromatic rings. The smallest absolute Gasteiger partial charge is 0.263 e. The zero-order valence-electron chi connectivity index (χ0n) is 16.9. The molecule has 0 amide bonds. The van der Waals surface area contributed by atoms with E-state index >= 15 is 0 Å². The van der Waals surface area contributed by atoms with E-state index in [9.17, 15) is 4.79 Å². The minimum atomic E-state index is 0.0853. The third kappa shape index (κ3) is 4.04. The standard InChI is InChI=1S/C20H23N5OS3/c1-5-6-7-25-19(26)16-12(2)13(3)29-18(16)23-20(25)28-11-15-10-27-17(22-15)14-8-21-24(4)9-14/h8-10H,5-7,11H2,1-4H3. The number of aryl methyl sites for hydroxylation is 3. The van der Waals surface area contributed by atoms with Crippen LogP contribution in [0, 0.1) is 13.8 Å². The van der Waals surface area contributed by atoms with Crippen molar-refractivity contribution >= 4 is 44.7 Å². The molecule has 152 valence electrons. The van der Waals surface area contributed by atoms with Crippen LogP contribution < -0.4 is 5.56 Å². The highest BCUT2D eigenvalue weighted by Crippen LogP contribution is 2.30. The van der Waals surface area contributed by atoms with Gasteiger partial charge in [-0.1, -0.05) is 25.1 Å². The van der Waals surface area contributed by atoms with E-state index in [1.807, 2.05) is 30.9 Å². The second kappa shape index (κ2) is 8.41. The molecule has 0 N–H and O–H groups in total. The molecule has 0 saturated carbocycles. The molecular formula is C20H23N5OS3. The first kappa shape index (κ1) is 20.3. The maximum Gasteiger partial charge on any atom is 0.263 e. The minimum Gasteiger partial charge on any atom is -0.287 e. The number of hydrogen-bond acceptors (Lipinski definition) is 7. The van der Waals surface area contributed by atoms with Crippen LogP contribution in [0.5, 0.6) is 0 Å². The number of aromatic nitrogens is 5. The summed E-state index contributed by atoms with van der Waals surface area (Å²) in [6.45, 7) is 6.91. The Morgan fingerprint density at radius 2 is 2.07 bits per heavy atom. The van der Waals surface area contributed by atoms with Crippen LogP contribution in [0.4, 0.5) is 0 Å². The van der Waals surface area contributed by atoms with Gasteiger partial charge in [0.1, 0.15) is 9.84 Å². The van der Waals surface area contributed by atoms with Crippen molar-refractivity contribution < 1.29 is 0 Å². The zero-order valence-corrected chi connectivity index (χ0v) is 19.4. The van der Waals surface area contributed by atoms with Crippen molar-refractivity contribution in [2.45, 2.75) is 51.1 Å². The Kier molecular flexibility index (Phi) is 5.89. The molecule has 0 radical (unpaired) electrons. The summed E-state index contributed by atoms with van der Waals surface area (Å²) < 4.78 is 3.63. The summed E-state index contributed by atoms with van der Waals surface area (Å²) in [5.74, 6) is 0.685. The van der Waals surface area contributed by atoms with Crippen molar-refractivity contribution in [1.29, 1.82) is 0 Å². The average molecular weight is 446 g/mol. The van der Waals surface area contributed by atoms with Gasteiger partial charge >= 0.3 is 0 Å². The fourth-order valence-corrected chi connectivity index (χ4v) is 6.00. The van der Waals surface area contributed by atoms with Crippen LogP contribution in [0.25, 0.3) is 20.8 Å². The summed E-state index contributed by atoms with van der Waals surface area (Å²) in [5.41, 5.74) is 3.17. The highest BCUT2D eigenvalue weighted by molar-refractivity contribution is 7.98. The highest BCUT2D eigenvalue weighted by Gasteiger charge is 2.17. The van der Waals surface area contributed by atoms with E-state index in [0.29, 0.717) is 12.3 Å². The van der Waals surface area contributed by atoms with Crippen LogP contribution in [0.3, 0.4) is 0 Å². The fraction of sp³-hybridized carbons (Fsp3) is 0.400. The molecule has 0 saturated heterocycles. The summed E-state index contributed by atoms with van der Waals surface area (Å²) in [7, 11) is 1.90. The lowest BCUT2D eigenvalue weighted by Gasteiger charge is -2.11. The molecule has 0 bridgehead atoms. The molecule has 0 aliphatic carbocycles. The van der Waals surface area contributed by atoms with Crippen molar-refractivity contribution in [3.05, 3.63) is 44.3 Å². The summed E-state index contributed by atoms with van der Waals surface area (Å²) >= 11 is 4.81. The quantitative estimate of drug-likeness (QED) is 0.295. The van der Waals surface area contributed by atoms with Crippen LogP contribution in [0.15, 0.2) is 27.7 Å². The largest absolute Gasteiger partial charge is 0.287 e. The number of hydrogen-bond donors (Lipinski definition) is 0. The monoisotopic (exact) mass is 445 g/mol. The lowest BCUT2D eigenvalue weighted by atomic mass is 10.2. The Bertz CT molecular complexity index is 1220. The van der Waals surface area contributed by atoms with E-state index in [0.717, 1.165) is 54.9 Å². The van der Waals surface area contributed by atoms with E-state index in [-0.39, 0.29) is 5.56 Å². The third-order valence-corrected chi connectivity index (χ3v) is 7.89. The Labute approximate surface area is 181 Å². The summed E-state index contributed by atoms with van der Waals surface area (Å²) in [6, 6.07) is 0. The van der Waals surface area contributed by atoms with Gasteiger partial charge in [0.05, 0.1) is 17.3 Å². The van der Waals surface area contributed by atoms with Gasteiger partial charge in [-0.25, -0.2) is 9.97 Å². The molecule has 4 aromatic heterocycles. The SMILES string of the molecule is CCCCn1c(SCc2csc(-c3cnn(C)c3)n2)nc2sc(C)c(C)c2c1=O. The first-order valence-electron chi connectivity index (χ1n) is 9.54. The van der Waals surface area contributed by atoms with E-state index in [4.69, 9.17) is 9.97 Å². The second-order valence-electron chi connectivity index (χ2n) is 7.00. The lowest BCUT2D eigenvalue weighted by molar-refractivity contribution is 0.558. The van der Waals surface area contributed by atoms with Gasteiger partial charge in [-0.05, 0) is 25.8 Å². The van der Waals surface area contributed by atoms with Crippen LogP contribution in [-0.2, 0) is 19.3 Å². The van der Waals surface area contributed by atoms with Crippen molar-refractivity contribution in [2.75, 3.05) is 0 Å². The fourth-order valence-electron chi connectivity index (χ4n) is 3.11. The van der Waals surface area contributed by atoms with Gasteiger partial charge in [0.2, 0.25) is 0 Å².